The number of carboxylic acids is 1. The van der Waals surface area contributed by atoms with E-state index in [0.717, 1.165) is 16.7 Å². The summed E-state index contributed by atoms with van der Waals surface area (Å²) >= 11 is 0. The molecule has 0 radical (unpaired) electrons. The molecule has 0 unspecified atom stereocenters. The number of aryl methyl sites for hydroxylation is 1. The van der Waals surface area contributed by atoms with Crippen LogP contribution in [0.15, 0.2) is 36.7 Å². The number of benzene rings is 1. The first-order valence-electron chi connectivity index (χ1n) is 4.65. The summed E-state index contributed by atoms with van der Waals surface area (Å²) in [6.45, 7) is 1.98. The van der Waals surface area contributed by atoms with Gasteiger partial charge in [-0.3, -0.25) is 0 Å². The van der Waals surface area contributed by atoms with Gasteiger partial charge in [0.15, 0.2) is 0 Å². The molecule has 2 N–H and O–H groups in total. The van der Waals surface area contributed by atoms with E-state index < -0.39 is 5.97 Å². The van der Waals surface area contributed by atoms with Crippen LogP contribution in [0, 0.1) is 6.92 Å². The van der Waals surface area contributed by atoms with E-state index in [1.807, 2.05) is 31.2 Å². The fourth-order valence-corrected chi connectivity index (χ4v) is 1.59. The standard InChI is InChI=1S/C12H11NO2/c1-8-3-2-4-9(5-8)10-6-13-7-11(10)12(14)15/h2-7,13H,1H3,(H,14,15). The molecule has 0 saturated carbocycles. The average molecular weight is 201 g/mol. The van der Waals surface area contributed by atoms with Crippen molar-refractivity contribution in [1.82, 2.24) is 4.98 Å². The summed E-state index contributed by atoms with van der Waals surface area (Å²) in [5.41, 5.74) is 3.07. The first-order chi connectivity index (χ1) is 7.18. The predicted molar refractivity (Wildman–Crippen MR) is 57.9 cm³/mol. The Hall–Kier alpha value is -2.03. The van der Waals surface area contributed by atoms with Gasteiger partial charge < -0.3 is 10.1 Å². The van der Waals surface area contributed by atoms with E-state index in [-0.39, 0.29) is 0 Å². The van der Waals surface area contributed by atoms with Crippen LogP contribution in [-0.2, 0) is 0 Å². The largest absolute Gasteiger partial charge is 0.478 e. The van der Waals surface area contributed by atoms with Gasteiger partial charge >= 0.3 is 5.97 Å². The van der Waals surface area contributed by atoms with Crippen molar-refractivity contribution in [3.05, 3.63) is 47.8 Å². The fraction of sp³-hybridized carbons (Fsp3) is 0.0833. The Morgan fingerprint density at radius 2 is 2.13 bits per heavy atom. The number of carboxylic acid groups (broad SMARTS) is 1. The Morgan fingerprint density at radius 3 is 2.80 bits per heavy atom. The number of aromatic carboxylic acids is 1. The summed E-state index contributed by atoms with van der Waals surface area (Å²) in [6.07, 6.45) is 3.21. The van der Waals surface area contributed by atoms with Crippen LogP contribution in [0.3, 0.4) is 0 Å². The second-order valence-corrected chi connectivity index (χ2v) is 3.46. The van der Waals surface area contributed by atoms with Crippen LogP contribution in [0.2, 0.25) is 0 Å². The SMILES string of the molecule is Cc1cccc(-c2c[nH]cc2C(=O)O)c1. The molecule has 0 saturated heterocycles. The fourth-order valence-electron chi connectivity index (χ4n) is 1.59. The topological polar surface area (TPSA) is 53.1 Å². The van der Waals surface area contributed by atoms with E-state index in [2.05, 4.69) is 4.98 Å². The normalized spacial score (nSPS) is 10.2. The van der Waals surface area contributed by atoms with Crippen molar-refractivity contribution in [1.29, 1.82) is 0 Å². The molecule has 1 heterocycles. The summed E-state index contributed by atoms with van der Waals surface area (Å²) in [7, 11) is 0. The summed E-state index contributed by atoms with van der Waals surface area (Å²) in [5, 5.41) is 8.97. The number of H-pyrrole nitrogens is 1. The predicted octanol–water partition coefficient (Wildman–Crippen LogP) is 2.69. The Labute approximate surface area is 87.4 Å². The molecule has 1 aromatic carbocycles. The van der Waals surface area contributed by atoms with E-state index in [1.54, 1.807) is 6.20 Å². The molecule has 0 bridgehead atoms. The number of carbonyl (C=O) groups is 1. The third kappa shape index (κ3) is 1.76. The molecule has 0 spiro atoms. The van der Waals surface area contributed by atoms with Gasteiger partial charge in [0.25, 0.3) is 0 Å². The van der Waals surface area contributed by atoms with Gasteiger partial charge in [-0.05, 0) is 12.5 Å². The maximum absolute atomic E-state index is 10.9. The van der Waals surface area contributed by atoms with Gasteiger partial charge in [-0.1, -0.05) is 29.8 Å². The molecular formula is C12H11NO2. The molecule has 76 valence electrons. The van der Waals surface area contributed by atoms with Crippen molar-refractivity contribution < 1.29 is 9.90 Å². The second kappa shape index (κ2) is 3.61. The van der Waals surface area contributed by atoms with Gasteiger partial charge in [0.1, 0.15) is 0 Å². The summed E-state index contributed by atoms with van der Waals surface area (Å²) < 4.78 is 0. The molecule has 2 aromatic rings. The third-order valence-corrected chi connectivity index (χ3v) is 2.30. The molecule has 1 aromatic heterocycles. The lowest BCUT2D eigenvalue weighted by Crippen LogP contribution is -1.95. The molecule has 0 aliphatic heterocycles. The summed E-state index contributed by atoms with van der Waals surface area (Å²) in [4.78, 5) is 13.7. The molecule has 2 rings (SSSR count). The molecule has 0 atom stereocenters. The lowest BCUT2D eigenvalue weighted by atomic mass is 10.0. The molecule has 0 fully saturated rings. The Balaban J connectivity index is 2.54. The van der Waals surface area contributed by atoms with Crippen LogP contribution in [0.5, 0.6) is 0 Å². The first-order valence-corrected chi connectivity index (χ1v) is 4.65. The van der Waals surface area contributed by atoms with Crippen molar-refractivity contribution in [2.45, 2.75) is 6.92 Å². The van der Waals surface area contributed by atoms with E-state index in [4.69, 9.17) is 5.11 Å². The van der Waals surface area contributed by atoms with Crippen molar-refractivity contribution in [2.75, 3.05) is 0 Å². The smallest absolute Gasteiger partial charge is 0.337 e. The zero-order chi connectivity index (χ0) is 10.8. The lowest BCUT2D eigenvalue weighted by molar-refractivity contribution is 0.0698. The van der Waals surface area contributed by atoms with Crippen LogP contribution in [0.4, 0.5) is 0 Å². The highest BCUT2D eigenvalue weighted by molar-refractivity contribution is 5.95. The van der Waals surface area contributed by atoms with Gasteiger partial charge in [0, 0.05) is 18.0 Å². The summed E-state index contributed by atoms with van der Waals surface area (Å²) in [6, 6.07) is 7.78. The van der Waals surface area contributed by atoms with Crippen molar-refractivity contribution in [3.8, 4) is 11.1 Å². The van der Waals surface area contributed by atoms with Gasteiger partial charge in [-0.25, -0.2) is 4.79 Å². The van der Waals surface area contributed by atoms with Crippen LogP contribution < -0.4 is 0 Å². The van der Waals surface area contributed by atoms with Gasteiger partial charge in [0.2, 0.25) is 0 Å². The van der Waals surface area contributed by atoms with Crippen molar-refractivity contribution in [2.24, 2.45) is 0 Å². The second-order valence-electron chi connectivity index (χ2n) is 3.46. The van der Waals surface area contributed by atoms with Crippen LogP contribution >= 0.6 is 0 Å². The van der Waals surface area contributed by atoms with Crippen molar-refractivity contribution in [3.63, 3.8) is 0 Å². The number of nitrogens with one attached hydrogen (secondary N) is 1. The van der Waals surface area contributed by atoms with Crippen LogP contribution in [0.25, 0.3) is 11.1 Å². The maximum Gasteiger partial charge on any atom is 0.337 e. The van der Waals surface area contributed by atoms with E-state index in [0.29, 0.717) is 5.56 Å². The molecule has 0 aliphatic rings. The van der Waals surface area contributed by atoms with Crippen LogP contribution in [-0.4, -0.2) is 16.1 Å². The molecule has 3 nitrogen and oxygen atoms in total. The van der Waals surface area contributed by atoms with E-state index >= 15 is 0 Å². The average Bonchev–Trinajstić information content (AvgIpc) is 2.65. The highest BCUT2D eigenvalue weighted by atomic mass is 16.4. The Morgan fingerprint density at radius 1 is 1.33 bits per heavy atom. The minimum absolute atomic E-state index is 0.306. The lowest BCUT2D eigenvalue weighted by Gasteiger charge is -2.01. The number of aromatic amines is 1. The molecule has 0 aliphatic carbocycles. The number of hydrogen-bond acceptors (Lipinski definition) is 1. The number of rotatable bonds is 2. The highest BCUT2D eigenvalue weighted by Crippen LogP contribution is 2.24. The molecule has 3 heteroatoms. The zero-order valence-electron chi connectivity index (χ0n) is 8.32. The summed E-state index contributed by atoms with van der Waals surface area (Å²) in [5.74, 6) is -0.909. The minimum atomic E-state index is -0.909. The molecular weight excluding hydrogens is 190 g/mol. The third-order valence-electron chi connectivity index (χ3n) is 2.30. The quantitative estimate of drug-likeness (QED) is 0.784. The van der Waals surface area contributed by atoms with Gasteiger partial charge in [0.05, 0.1) is 5.56 Å². The van der Waals surface area contributed by atoms with E-state index in [9.17, 15) is 4.79 Å². The molecule has 0 amide bonds. The molecule has 15 heavy (non-hydrogen) atoms. The Bertz CT molecular complexity index is 500. The monoisotopic (exact) mass is 201 g/mol. The highest BCUT2D eigenvalue weighted by Gasteiger charge is 2.11. The minimum Gasteiger partial charge on any atom is -0.478 e. The van der Waals surface area contributed by atoms with Gasteiger partial charge in [-0.15, -0.1) is 0 Å². The first kappa shape index (κ1) is 9.52. The van der Waals surface area contributed by atoms with Crippen LogP contribution in [0.1, 0.15) is 15.9 Å². The zero-order valence-corrected chi connectivity index (χ0v) is 8.32. The van der Waals surface area contributed by atoms with Crippen molar-refractivity contribution >= 4 is 5.97 Å². The van der Waals surface area contributed by atoms with E-state index in [1.165, 1.54) is 6.20 Å². The number of aromatic nitrogens is 1. The number of hydrogen-bond donors (Lipinski definition) is 2. The maximum atomic E-state index is 10.9. The Kier molecular flexibility index (Phi) is 2.29. The van der Waals surface area contributed by atoms with Gasteiger partial charge in [-0.2, -0.15) is 0 Å².